The Morgan fingerprint density at radius 3 is 1.49 bits per heavy atom. The van der Waals surface area contributed by atoms with E-state index in [1.807, 2.05) is 35.4 Å². The Morgan fingerprint density at radius 1 is 0.692 bits per heavy atom. The van der Waals surface area contributed by atoms with Gasteiger partial charge in [-0.1, -0.05) is 70.4 Å². The van der Waals surface area contributed by atoms with Crippen molar-refractivity contribution in [3.63, 3.8) is 0 Å². The molecule has 1 saturated heterocycles. The second kappa shape index (κ2) is 11.1. The Hall–Kier alpha value is -2.56. The van der Waals surface area contributed by atoms with Crippen molar-refractivity contribution in [2.45, 2.75) is 86.9 Å². The fourth-order valence-corrected chi connectivity index (χ4v) is 9.58. The van der Waals surface area contributed by atoms with Crippen molar-refractivity contribution in [3.05, 3.63) is 96.6 Å². The molecule has 1 aliphatic heterocycles. The van der Waals surface area contributed by atoms with Crippen LogP contribution in [0.5, 0.6) is 0 Å². The molecular weight excluding hydrogens is 532 g/mol. The Labute approximate surface area is 233 Å². The molecular formula is C30H38N2O5S2. The molecule has 2 atom stereocenters. The molecule has 0 bridgehead atoms. The van der Waals surface area contributed by atoms with Crippen molar-refractivity contribution in [2.24, 2.45) is 0 Å². The summed E-state index contributed by atoms with van der Waals surface area (Å²) in [5.41, 5.74) is -0.0232. The fourth-order valence-electron chi connectivity index (χ4n) is 5.52. The minimum Gasteiger partial charge on any atom is -0.288 e. The van der Waals surface area contributed by atoms with Crippen LogP contribution in [0.3, 0.4) is 0 Å². The second-order valence-electron chi connectivity index (χ2n) is 11.3. The summed E-state index contributed by atoms with van der Waals surface area (Å²) in [6, 6.07) is 23.4. The monoisotopic (exact) mass is 570 g/mol. The Balaban J connectivity index is 1.90. The van der Waals surface area contributed by atoms with Crippen molar-refractivity contribution in [2.75, 3.05) is 0 Å². The van der Waals surface area contributed by atoms with E-state index in [4.69, 9.17) is 4.84 Å². The van der Waals surface area contributed by atoms with Crippen LogP contribution in [0.1, 0.15) is 65.5 Å². The highest BCUT2D eigenvalue weighted by Gasteiger charge is 2.48. The number of hydrogen-bond donors (Lipinski definition) is 0. The van der Waals surface area contributed by atoms with Gasteiger partial charge in [-0.3, -0.25) is 4.84 Å². The predicted octanol–water partition coefficient (Wildman–Crippen LogP) is 6.17. The zero-order chi connectivity index (χ0) is 28.5. The summed E-state index contributed by atoms with van der Waals surface area (Å²) in [7, 11) is -9.02. The molecule has 0 saturated carbocycles. The maximum Gasteiger partial charge on any atom is 0.256 e. The normalized spacial score (nSPS) is 19.4. The molecule has 39 heavy (non-hydrogen) atoms. The molecule has 3 aromatic carbocycles. The lowest BCUT2D eigenvalue weighted by Gasteiger charge is -2.53. The molecule has 210 valence electrons. The molecule has 0 unspecified atom stereocenters. The second-order valence-corrected chi connectivity index (χ2v) is 15.2. The number of piperidine rings is 1. The standard InChI is InChI=1S/C30H38N2O5S2/c1-24(28(25-16-9-6-10-17-25)37-32-29(2,3)22-15-23-30(32,4)5)31(38(33,34)26-18-11-7-12-19-26)39(35,36)27-20-13-8-14-21-27/h6-14,16-21,24,28H,15,22-23H2,1-5H3/t24-,28-/m1/s1. The molecule has 1 aliphatic rings. The molecule has 9 heteroatoms. The zero-order valence-electron chi connectivity index (χ0n) is 23.2. The van der Waals surface area contributed by atoms with E-state index in [2.05, 4.69) is 27.7 Å². The van der Waals surface area contributed by atoms with E-state index >= 15 is 0 Å². The molecule has 0 aliphatic carbocycles. The van der Waals surface area contributed by atoms with E-state index in [1.165, 1.54) is 24.3 Å². The van der Waals surface area contributed by atoms with Gasteiger partial charge in [0, 0.05) is 11.1 Å². The van der Waals surface area contributed by atoms with Gasteiger partial charge in [-0.15, -0.1) is 0 Å². The minimum atomic E-state index is -4.51. The third kappa shape index (κ3) is 5.98. The molecule has 3 aromatic rings. The van der Waals surface area contributed by atoms with Crippen LogP contribution in [0.25, 0.3) is 0 Å². The fraction of sp³-hybridized carbons (Fsp3) is 0.400. The summed E-state index contributed by atoms with van der Waals surface area (Å²) in [6.45, 7) is 9.99. The van der Waals surface area contributed by atoms with E-state index in [0.717, 1.165) is 19.3 Å². The molecule has 0 N–H and O–H groups in total. The van der Waals surface area contributed by atoms with Gasteiger partial charge in [-0.25, -0.2) is 16.8 Å². The van der Waals surface area contributed by atoms with Crippen molar-refractivity contribution in [1.82, 2.24) is 8.77 Å². The summed E-state index contributed by atoms with van der Waals surface area (Å²) in [5.74, 6) is 0. The van der Waals surface area contributed by atoms with Crippen LogP contribution < -0.4 is 0 Å². The number of hydrogen-bond acceptors (Lipinski definition) is 6. The summed E-state index contributed by atoms with van der Waals surface area (Å²) in [6.07, 6.45) is 1.89. The molecule has 1 heterocycles. The summed E-state index contributed by atoms with van der Waals surface area (Å²) in [5, 5.41) is 1.94. The lowest BCUT2D eigenvalue weighted by atomic mass is 9.82. The highest BCUT2D eigenvalue weighted by molar-refractivity contribution is 8.04. The molecule has 0 radical (unpaired) electrons. The van der Waals surface area contributed by atoms with Crippen LogP contribution in [0.2, 0.25) is 0 Å². The minimum absolute atomic E-state index is 0.109. The average molecular weight is 571 g/mol. The molecule has 4 rings (SSSR count). The van der Waals surface area contributed by atoms with Crippen LogP contribution in [-0.2, 0) is 24.9 Å². The molecule has 0 amide bonds. The third-order valence-corrected chi connectivity index (χ3v) is 11.9. The summed E-state index contributed by atoms with van der Waals surface area (Å²) < 4.78 is 57.2. The summed E-state index contributed by atoms with van der Waals surface area (Å²) in [4.78, 5) is 6.56. The van der Waals surface area contributed by atoms with Gasteiger partial charge in [0.2, 0.25) is 0 Å². The first kappa shape index (κ1) is 29.4. The first-order valence-electron chi connectivity index (χ1n) is 13.2. The lowest BCUT2D eigenvalue weighted by Crippen LogP contribution is -2.59. The Bertz CT molecular complexity index is 1370. The largest absolute Gasteiger partial charge is 0.288 e. The van der Waals surface area contributed by atoms with Crippen LogP contribution in [0, 0.1) is 0 Å². The van der Waals surface area contributed by atoms with Crippen LogP contribution >= 0.6 is 0 Å². The number of rotatable bonds is 9. The van der Waals surface area contributed by atoms with Gasteiger partial charge in [0.1, 0.15) is 6.10 Å². The maximum atomic E-state index is 14.2. The first-order chi connectivity index (χ1) is 18.3. The van der Waals surface area contributed by atoms with Gasteiger partial charge >= 0.3 is 0 Å². The Morgan fingerprint density at radius 2 is 1.08 bits per heavy atom. The predicted molar refractivity (Wildman–Crippen MR) is 153 cm³/mol. The smallest absolute Gasteiger partial charge is 0.256 e. The summed E-state index contributed by atoms with van der Waals surface area (Å²) >= 11 is 0. The van der Waals surface area contributed by atoms with Gasteiger partial charge in [-0.05, 0) is 83.7 Å². The molecule has 0 aromatic heterocycles. The van der Waals surface area contributed by atoms with E-state index in [9.17, 15) is 16.8 Å². The van der Waals surface area contributed by atoms with Crippen molar-refractivity contribution >= 4 is 20.0 Å². The van der Waals surface area contributed by atoms with Crippen molar-refractivity contribution in [3.8, 4) is 0 Å². The lowest BCUT2D eigenvalue weighted by molar-refractivity contribution is -0.311. The van der Waals surface area contributed by atoms with Crippen LogP contribution in [0.15, 0.2) is 101 Å². The van der Waals surface area contributed by atoms with Crippen LogP contribution in [-0.4, -0.2) is 42.7 Å². The van der Waals surface area contributed by atoms with E-state index in [0.29, 0.717) is 9.27 Å². The van der Waals surface area contributed by atoms with Gasteiger partial charge in [-0.2, -0.15) is 5.06 Å². The molecule has 7 nitrogen and oxygen atoms in total. The zero-order valence-corrected chi connectivity index (χ0v) is 24.8. The average Bonchev–Trinajstić information content (AvgIpc) is 2.89. The van der Waals surface area contributed by atoms with Crippen LogP contribution in [0.4, 0.5) is 0 Å². The number of sulfonamides is 2. The highest BCUT2D eigenvalue weighted by atomic mass is 32.3. The quantitative estimate of drug-likeness (QED) is 0.306. The number of benzene rings is 3. The molecule has 1 fully saturated rings. The van der Waals surface area contributed by atoms with Gasteiger partial charge in [0.15, 0.2) is 0 Å². The topological polar surface area (TPSA) is 84.0 Å². The van der Waals surface area contributed by atoms with Gasteiger partial charge in [0.05, 0.1) is 15.8 Å². The maximum absolute atomic E-state index is 14.2. The first-order valence-corrected chi connectivity index (χ1v) is 16.1. The Kier molecular flexibility index (Phi) is 8.40. The SMILES string of the molecule is C[C@H]([C@@H](ON1C(C)(C)CCCC1(C)C)c1ccccc1)N(S(=O)(=O)c1ccccc1)S(=O)(=O)c1ccccc1. The van der Waals surface area contributed by atoms with Crippen molar-refractivity contribution in [1.29, 1.82) is 0 Å². The highest BCUT2D eigenvalue weighted by Crippen LogP contribution is 2.42. The van der Waals surface area contributed by atoms with Crippen molar-refractivity contribution < 1.29 is 21.7 Å². The number of hydroxylamine groups is 2. The molecule has 0 spiro atoms. The van der Waals surface area contributed by atoms with E-state index in [1.54, 1.807) is 43.3 Å². The number of nitrogens with zero attached hydrogens (tertiary/aromatic N) is 2. The van der Waals surface area contributed by atoms with Gasteiger partial charge in [0.25, 0.3) is 20.0 Å². The van der Waals surface area contributed by atoms with Gasteiger partial charge < -0.3 is 0 Å². The van der Waals surface area contributed by atoms with E-state index < -0.39 is 32.2 Å². The third-order valence-electron chi connectivity index (χ3n) is 7.35. The van der Waals surface area contributed by atoms with E-state index in [-0.39, 0.29) is 20.9 Å².